The molecule has 8 heteroatoms. The molecular weight excluding hydrogens is 460 g/mol. The van der Waals surface area contributed by atoms with Gasteiger partial charge in [0.15, 0.2) is 0 Å². The normalized spacial score (nSPS) is 11.2. The Kier molecular flexibility index (Phi) is 8.00. The first kappa shape index (κ1) is 24.6. The lowest BCUT2D eigenvalue weighted by molar-refractivity contribution is -0.119. The number of ether oxygens (including phenoxy) is 1. The molecule has 0 saturated heterocycles. The molecule has 0 atom stereocenters. The summed E-state index contributed by atoms with van der Waals surface area (Å²) in [5, 5.41) is 3.22. The number of aryl methyl sites for hydroxylation is 3. The first-order valence-corrected chi connectivity index (χ1v) is 12.3. The van der Waals surface area contributed by atoms with Crippen LogP contribution in [0.25, 0.3) is 0 Å². The third kappa shape index (κ3) is 6.49. The van der Waals surface area contributed by atoms with Gasteiger partial charge < -0.3 is 10.1 Å². The van der Waals surface area contributed by atoms with Gasteiger partial charge in [-0.2, -0.15) is 0 Å². The Morgan fingerprint density at radius 2 is 1.70 bits per heavy atom. The van der Waals surface area contributed by atoms with Crippen molar-refractivity contribution in [3.05, 3.63) is 88.4 Å². The van der Waals surface area contributed by atoms with Crippen molar-refractivity contribution < 1.29 is 17.9 Å². The summed E-state index contributed by atoms with van der Waals surface area (Å²) in [4.78, 5) is 12.8. The molecule has 0 bridgehead atoms. The lowest BCUT2D eigenvalue weighted by Gasteiger charge is -2.26. The Morgan fingerprint density at radius 1 is 0.970 bits per heavy atom. The van der Waals surface area contributed by atoms with Crippen LogP contribution in [-0.2, 0) is 14.8 Å². The Hall–Kier alpha value is -3.03. The monoisotopic (exact) mass is 486 g/mol. The predicted octanol–water partition coefficient (Wildman–Crippen LogP) is 4.66. The van der Waals surface area contributed by atoms with Gasteiger partial charge in [-0.1, -0.05) is 41.4 Å². The third-order valence-electron chi connectivity index (χ3n) is 5.01. The van der Waals surface area contributed by atoms with Gasteiger partial charge >= 0.3 is 0 Å². The van der Waals surface area contributed by atoms with Crippen molar-refractivity contribution in [2.75, 3.05) is 24.0 Å². The van der Waals surface area contributed by atoms with Gasteiger partial charge in [-0.25, -0.2) is 8.42 Å². The van der Waals surface area contributed by atoms with E-state index in [4.69, 9.17) is 16.3 Å². The number of nitrogens with zero attached hydrogens (tertiary/aromatic N) is 1. The van der Waals surface area contributed by atoms with Crippen LogP contribution in [0.15, 0.2) is 71.6 Å². The summed E-state index contributed by atoms with van der Waals surface area (Å²) in [6.45, 7) is 5.74. The largest absolute Gasteiger partial charge is 0.492 e. The zero-order valence-electron chi connectivity index (χ0n) is 18.8. The number of nitrogens with one attached hydrogen (secondary N) is 1. The van der Waals surface area contributed by atoms with E-state index in [1.165, 1.54) is 12.1 Å². The summed E-state index contributed by atoms with van der Waals surface area (Å²) in [6.07, 6.45) is 0. The van der Waals surface area contributed by atoms with Crippen molar-refractivity contribution in [2.45, 2.75) is 25.7 Å². The topological polar surface area (TPSA) is 75.7 Å². The van der Waals surface area contributed by atoms with Crippen molar-refractivity contribution in [2.24, 2.45) is 0 Å². The summed E-state index contributed by atoms with van der Waals surface area (Å²) in [5.74, 6) is 0.275. The molecule has 3 aromatic rings. The maximum absolute atomic E-state index is 13.5. The van der Waals surface area contributed by atoms with E-state index in [9.17, 15) is 13.2 Å². The first-order chi connectivity index (χ1) is 15.7. The van der Waals surface area contributed by atoms with Crippen molar-refractivity contribution in [1.29, 1.82) is 0 Å². The maximum atomic E-state index is 13.5. The van der Waals surface area contributed by atoms with Crippen LogP contribution in [0.4, 0.5) is 5.69 Å². The standard InChI is InChI=1S/C25H27ClN2O4S/c1-18-7-10-23(11-8-18)33(30,31)28(24-12-9-21(26)16-20(24)3)17-25(29)27-13-14-32-22-6-4-5-19(2)15-22/h4-12,15-16H,13-14,17H2,1-3H3,(H,27,29). The zero-order valence-corrected chi connectivity index (χ0v) is 20.4. The minimum absolute atomic E-state index is 0.109. The van der Waals surface area contributed by atoms with Crippen LogP contribution in [0.3, 0.4) is 0 Å². The molecule has 1 amide bonds. The first-order valence-electron chi connectivity index (χ1n) is 10.5. The second kappa shape index (κ2) is 10.7. The molecule has 0 aliphatic carbocycles. The van der Waals surface area contributed by atoms with Crippen LogP contribution >= 0.6 is 11.6 Å². The fourth-order valence-electron chi connectivity index (χ4n) is 3.29. The summed E-state index contributed by atoms with van der Waals surface area (Å²) in [7, 11) is -3.98. The highest BCUT2D eigenvalue weighted by Gasteiger charge is 2.28. The van der Waals surface area contributed by atoms with Gasteiger partial charge in [0.25, 0.3) is 10.0 Å². The van der Waals surface area contributed by atoms with E-state index in [1.807, 2.05) is 38.1 Å². The van der Waals surface area contributed by atoms with Gasteiger partial charge in [0.2, 0.25) is 5.91 Å². The van der Waals surface area contributed by atoms with Crippen LogP contribution in [0, 0.1) is 20.8 Å². The van der Waals surface area contributed by atoms with Crippen molar-refractivity contribution in [3.8, 4) is 5.75 Å². The number of hydrogen-bond acceptors (Lipinski definition) is 4. The molecule has 0 radical (unpaired) electrons. The van der Waals surface area contributed by atoms with E-state index < -0.39 is 15.9 Å². The number of hydrogen-bond donors (Lipinski definition) is 1. The van der Waals surface area contributed by atoms with Gasteiger partial charge in [-0.3, -0.25) is 9.10 Å². The van der Waals surface area contributed by atoms with Gasteiger partial charge in [-0.15, -0.1) is 0 Å². The van der Waals surface area contributed by atoms with Gasteiger partial charge in [-0.05, 0) is 74.4 Å². The molecule has 3 aromatic carbocycles. The number of carbonyl (C=O) groups is 1. The average molecular weight is 487 g/mol. The second-order valence-electron chi connectivity index (χ2n) is 7.77. The molecule has 0 saturated carbocycles. The molecule has 33 heavy (non-hydrogen) atoms. The van der Waals surface area contributed by atoms with Crippen molar-refractivity contribution >= 4 is 33.2 Å². The SMILES string of the molecule is Cc1ccc(S(=O)(=O)N(CC(=O)NCCOc2cccc(C)c2)c2ccc(Cl)cc2C)cc1. The molecule has 0 fully saturated rings. The smallest absolute Gasteiger partial charge is 0.264 e. The minimum Gasteiger partial charge on any atom is -0.492 e. The predicted molar refractivity (Wildman–Crippen MR) is 132 cm³/mol. The molecule has 0 spiro atoms. The van der Waals surface area contributed by atoms with E-state index in [2.05, 4.69) is 5.32 Å². The lowest BCUT2D eigenvalue weighted by Crippen LogP contribution is -2.42. The van der Waals surface area contributed by atoms with Crippen LogP contribution < -0.4 is 14.4 Å². The molecule has 0 aromatic heterocycles. The molecule has 174 valence electrons. The summed E-state index contributed by atoms with van der Waals surface area (Å²) in [5.41, 5.74) is 3.06. The summed E-state index contributed by atoms with van der Waals surface area (Å²) in [6, 6.07) is 19.0. The molecule has 3 rings (SSSR count). The molecule has 6 nitrogen and oxygen atoms in total. The lowest BCUT2D eigenvalue weighted by atomic mass is 10.2. The number of sulfonamides is 1. The quantitative estimate of drug-likeness (QED) is 0.446. The van der Waals surface area contributed by atoms with Crippen LogP contribution in [0.2, 0.25) is 5.02 Å². The molecule has 0 aliphatic heterocycles. The van der Waals surface area contributed by atoms with E-state index >= 15 is 0 Å². The highest BCUT2D eigenvalue weighted by atomic mass is 35.5. The van der Waals surface area contributed by atoms with E-state index in [-0.39, 0.29) is 24.6 Å². The maximum Gasteiger partial charge on any atom is 0.264 e. The number of carbonyl (C=O) groups excluding carboxylic acids is 1. The number of amides is 1. The Bertz CT molecular complexity index is 1230. The molecule has 0 heterocycles. The fraction of sp³-hybridized carbons (Fsp3) is 0.240. The van der Waals surface area contributed by atoms with Gasteiger partial charge in [0.05, 0.1) is 17.1 Å². The number of benzene rings is 3. The van der Waals surface area contributed by atoms with Gasteiger partial charge in [0, 0.05) is 5.02 Å². The van der Waals surface area contributed by atoms with Crippen LogP contribution in [0.1, 0.15) is 16.7 Å². The molecule has 0 aliphatic rings. The Morgan fingerprint density at radius 3 is 2.36 bits per heavy atom. The molecular formula is C25H27ClN2O4S. The highest BCUT2D eigenvalue weighted by molar-refractivity contribution is 7.92. The second-order valence-corrected chi connectivity index (χ2v) is 10.1. The fourth-order valence-corrected chi connectivity index (χ4v) is 5.00. The highest BCUT2D eigenvalue weighted by Crippen LogP contribution is 2.29. The number of anilines is 1. The Labute approximate surface area is 200 Å². The molecule has 1 N–H and O–H groups in total. The number of rotatable bonds is 9. The third-order valence-corrected chi connectivity index (χ3v) is 7.02. The van der Waals surface area contributed by atoms with E-state index in [0.717, 1.165) is 15.4 Å². The van der Waals surface area contributed by atoms with E-state index in [1.54, 1.807) is 37.3 Å². The van der Waals surface area contributed by atoms with Crippen LogP contribution in [0.5, 0.6) is 5.75 Å². The summed E-state index contributed by atoms with van der Waals surface area (Å²) >= 11 is 6.06. The van der Waals surface area contributed by atoms with Gasteiger partial charge in [0.1, 0.15) is 18.9 Å². The Balaban J connectivity index is 1.75. The van der Waals surface area contributed by atoms with Crippen LogP contribution in [-0.4, -0.2) is 34.0 Å². The number of halogens is 1. The van der Waals surface area contributed by atoms with E-state index in [0.29, 0.717) is 22.0 Å². The molecule has 0 unspecified atom stereocenters. The minimum atomic E-state index is -3.98. The average Bonchev–Trinajstić information content (AvgIpc) is 2.76. The zero-order chi connectivity index (χ0) is 24.0. The van der Waals surface area contributed by atoms with Crippen molar-refractivity contribution in [1.82, 2.24) is 5.32 Å². The van der Waals surface area contributed by atoms with Crippen molar-refractivity contribution in [3.63, 3.8) is 0 Å². The summed E-state index contributed by atoms with van der Waals surface area (Å²) < 4.78 is 33.7.